The van der Waals surface area contributed by atoms with Gasteiger partial charge in [0.2, 0.25) is 12.7 Å². The molecule has 0 radical (unpaired) electrons. The Hall–Kier alpha value is -2.27. The highest BCUT2D eigenvalue weighted by molar-refractivity contribution is 8.00. The van der Waals surface area contributed by atoms with Gasteiger partial charge in [-0.2, -0.15) is 0 Å². The van der Waals surface area contributed by atoms with Gasteiger partial charge < -0.3 is 25.7 Å². The zero-order chi connectivity index (χ0) is 19.6. The first-order valence-corrected chi connectivity index (χ1v) is 8.77. The molecule has 2 rings (SSSR count). The molecule has 0 aliphatic carbocycles. The van der Waals surface area contributed by atoms with Gasteiger partial charge in [0, 0.05) is 11.3 Å². The van der Waals surface area contributed by atoms with Gasteiger partial charge in [-0.15, -0.1) is 11.8 Å². The van der Waals surface area contributed by atoms with E-state index in [0.29, 0.717) is 11.3 Å². The highest BCUT2D eigenvalue weighted by Gasteiger charge is 2.52. The van der Waals surface area contributed by atoms with Crippen molar-refractivity contribution in [3.63, 3.8) is 0 Å². The van der Waals surface area contributed by atoms with Crippen molar-refractivity contribution < 1.29 is 33.4 Å². The van der Waals surface area contributed by atoms with Crippen LogP contribution in [0.1, 0.15) is 20.8 Å². The van der Waals surface area contributed by atoms with Crippen LogP contribution in [-0.4, -0.2) is 59.4 Å². The van der Waals surface area contributed by atoms with Crippen LogP contribution in [0.3, 0.4) is 0 Å². The molecule has 2 amide bonds. The van der Waals surface area contributed by atoms with Crippen molar-refractivity contribution in [2.45, 2.75) is 32.2 Å². The van der Waals surface area contributed by atoms with Crippen LogP contribution in [-0.2, 0) is 28.6 Å². The topological polar surface area (TPSA) is 151 Å². The molecule has 2 aliphatic heterocycles. The molecule has 1 saturated heterocycles. The van der Waals surface area contributed by atoms with Crippen LogP contribution in [0.5, 0.6) is 0 Å². The number of nitrogens with two attached hydrogens (primary N) is 2. The van der Waals surface area contributed by atoms with E-state index in [2.05, 4.69) is 0 Å². The maximum atomic E-state index is 12.4. The first kappa shape index (κ1) is 20.0. The van der Waals surface area contributed by atoms with Crippen LogP contribution in [0.2, 0.25) is 0 Å². The maximum absolute atomic E-state index is 12.4. The van der Waals surface area contributed by atoms with Crippen LogP contribution in [0.25, 0.3) is 0 Å². The Bertz CT molecular complexity index is 671. The minimum atomic E-state index is -1.01. The molecule has 0 spiro atoms. The van der Waals surface area contributed by atoms with E-state index in [1.54, 1.807) is 20.8 Å². The zero-order valence-electron chi connectivity index (χ0n) is 14.6. The molecule has 0 saturated carbocycles. The normalized spacial score (nSPS) is 22.3. The largest absolute Gasteiger partial charge is 0.445 e. The number of hydrogen-bond acceptors (Lipinski definition) is 9. The maximum Gasteiger partial charge on any atom is 0.404 e. The van der Waals surface area contributed by atoms with E-state index in [1.165, 1.54) is 16.7 Å². The number of ether oxygens (including phenoxy) is 3. The fourth-order valence-electron chi connectivity index (χ4n) is 2.26. The lowest BCUT2D eigenvalue weighted by Crippen LogP contribution is -2.68. The summed E-state index contributed by atoms with van der Waals surface area (Å²) < 4.78 is 14.6. The van der Waals surface area contributed by atoms with Crippen molar-refractivity contribution >= 4 is 35.7 Å². The number of esters is 2. The van der Waals surface area contributed by atoms with Crippen molar-refractivity contribution in [1.29, 1.82) is 0 Å². The molecule has 144 valence electrons. The summed E-state index contributed by atoms with van der Waals surface area (Å²) in [6.07, 6.45) is -1.01. The molecule has 1 fully saturated rings. The predicted molar refractivity (Wildman–Crippen MR) is 90.1 cm³/mol. The predicted octanol–water partition coefficient (Wildman–Crippen LogP) is -0.332. The summed E-state index contributed by atoms with van der Waals surface area (Å²) in [5.74, 6) is -1.56. The summed E-state index contributed by atoms with van der Waals surface area (Å²) in [5, 5.41) is -0.403. The second-order valence-electron chi connectivity index (χ2n) is 6.73. The Kier molecular flexibility index (Phi) is 5.81. The van der Waals surface area contributed by atoms with E-state index in [4.69, 9.17) is 25.7 Å². The number of fused-ring (bicyclic) bond motifs is 1. The van der Waals surface area contributed by atoms with Crippen LogP contribution < -0.4 is 11.5 Å². The van der Waals surface area contributed by atoms with E-state index >= 15 is 0 Å². The van der Waals surface area contributed by atoms with Gasteiger partial charge in [-0.25, -0.2) is 9.59 Å². The average Bonchev–Trinajstić information content (AvgIpc) is 2.57. The Balaban J connectivity index is 2.11. The van der Waals surface area contributed by atoms with E-state index < -0.39 is 47.6 Å². The molecule has 0 bridgehead atoms. The average molecular weight is 387 g/mol. The van der Waals surface area contributed by atoms with E-state index in [1.807, 2.05) is 0 Å². The van der Waals surface area contributed by atoms with Crippen LogP contribution >= 0.6 is 11.8 Å². The van der Waals surface area contributed by atoms with Crippen molar-refractivity contribution in [2.75, 3.05) is 19.2 Å². The molecule has 0 aromatic carbocycles. The Morgan fingerprint density at radius 3 is 2.46 bits per heavy atom. The molecule has 10 nitrogen and oxygen atoms in total. The SMILES string of the molecule is CC(C)(C)C(=O)OCOC(=O)C1=C(COC(N)=O)CSC2[C@H](N)C(=O)N12. The Labute approximate surface area is 154 Å². The van der Waals surface area contributed by atoms with Crippen LogP contribution in [0, 0.1) is 5.41 Å². The lowest BCUT2D eigenvalue weighted by molar-refractivity contribution is -0.173. The Morgan fingerprint density at radius 1 is 1.23 bits per heavy atom. The highest BCUT2D eigenvalue weighted by Crippen LogP contribution is 2.39. The summed E-state index contributed by atoms with van der Waals surface area (Å²) in [6.45, 7) is 4.10. The van der Waals surface area contributed by atoms with Gasteiger partial charge in [-0.05, 0) is 20.8 Å². The fourth-order valence-corrected chi connectivity index (χ4v) is 3.53. The van der Waals surface area contributed by atoms with Crippen molar-refractivity contribution in [2.24, 2.45) is 16.9 Å². The number of amides is 2. The van der Waals surface area contributed by atoms with Crippen LogP contribution in [0.4, 0.5) is 4.79 Å². The second kappa shape index (κ2) is 7.54. The molecular weight excluding hydrogens is 366 g/mol. The number of nitrogens with zero attached hydrogens (tertiary/aromatic N) is 1. The third kappa shape index (κ3) is 4.10. The van der Waals surface area contributed by atoms with Gasteiger partial charge >= 0.3 is 18.0 Å². The van der Waals surface area contributed by atoms with Gasteiger partial charge in [0.25, 0.3) is 0 Å². The zero-order valence-corrected chi connectivity index (χ0v) is 15.5. The number of carbonyl (C=O) groups is 4. The summed E-state index contributed by atoms with van der Waals surface area (Å²) >= 11 is 1.33. The lowest BCUT2D eigenvalue weighted by Gasteiger charge is -2.48. The first-order chi connectivity index (χ1) is 12.0. The fraction of sp³-hybridized carbons (Fsp3) is 0.600. The molecule has 0 aromatic heterocycles. The van der Waals surface area contributed by atoms with E-state index in [9.17, 15) is 19.2 Å². The standard InChI is InChI=1S/C15H21N3O7S/c1-15(2,3)13(21)25-6-24-12(20)9-7(4-23-14(17)22)5-26-11-8(16)10(19)18(9)11/h8,11H,4-6,16H2,1-3H3,(H2,17,22)/t8-,11?/m1/s1. The van der Waals surface area contributed by atoms with E-state index in [0.717, 1.165) is 0 Å². The summed E-state index contributed by atoms with van der Waals surface area (Å²) in [6, 6.07) is -0.722. The molecule has 2 heterocycles. The third-order valence-electron chi connectivity index (χ3n) is 3.66. The van der Waals surface area contributed by atoms with Crippen molar-refractivity contribution in [3.05, 3.63) is 11.3 Å². The number of primary amides is 1. The highest BCUT2D eigenvalue weighted by atomic mass is 32.2. The molecule has 2 atom stereocenters. The smallest absolute Gasteiger partial charge is 0.404 e. The minimum Gasteiger partial charge on any atom is -0.445 e. The molecular formula is C15H21N3O7S. The van der Waals surface area contributed by atoms with Gasteiger partial charge in [0.1, 0.15) is 23.7 Å². The molecule has 4 N–H and O–H groups in total. The number of β-lactam (4-membered cyclic amide) rings is 1. The quantitative estimate of drug-likeness (QED) is 0.367. The minimum absolute atomic E-state index is 0.0616. The third-order valence-corrected chi connectivity index (χ3v) is 5.02. The van der Waals surface area contributed by atoms with Gasteiger partial charge in [-0.1, -0.05) is 0 Å². The Morgan fingerprint density at radius 2 is 1.88 bits per heavy atom. The number of hydrogen-bond donors (Lipinski definition) is 2. The van der Waals surface area contributed by atoms with Crippen molar-refractivity contribution in [1.82, 2.24) is 4.90 Å². The summed E-state index contributed by atoms with van der Waals surface area (Å²) in [5.41, 5.74) is 10.2. The molecule has 2 aliphatic rings. The summed E-state index contributed by atoms with van der Waals surface area (Å²) in [7, 11) is 0. The van der Waals surface area contributed by atoms with Crippen LogP contribution in [0.15, 0.2) is 11.3 Å². The second-order valence-corrected chi connectivity index (χ2v) is 7.83. The van der Waals surface area contributed by atoms with Gasteiger partial charge in [-0.3, -0.25) is 14.5 Å². The van der Waals surface area contributed by atoms with Gasteiger partial charge in [0.15, 0.2) is 0 Å². The molecule has 26 heavy (non-hydrogen) atoms. The van der Waals surface area contributed by atoms with E-state index in [-0.39, 0.29) is 12.3 Å². The number of carbonyl (C=O) groups excluding carboxylic acids is 4. The monoisotopic (exact) mass is 387 g/mol. The molecule has 1 unspecified atom stereocenters. The first-order valence-electron chi connectivity index (χ1n) is 7.73. The van der Waals surface area contributed by atoms with Gasteiger partial charge in [0.05, 0.1) is 5.41 Å². The number of rotatable bonds is 5. The lowest BCUT2D eigenvalue weighted by atomic mass is 9.98. The molecule has 11 heteroatoms. The number of thioether (sulfide) groups is 1. The molecule has 0 aromatic rings. The summed E-state index contributed by atoms with van der Waals surface area (Å²) in [4.78, 5) is 48.2. The van der Waals surface area contributed by atoms with Crippen molar-refractivity contribution in [3.8, 4) is 0 Å².